The lowest BCUT2D eigenvalue weighted by Crippen LogP contribution is -2.43. The van der Waals surface area contributed by atoms with E-state index in [0.29, 0.717) is 0 Å². The molecule has 3 rings (SSSR count). The number of nitrogens with one attached hydrogen (secondary N) is 1. The number of nitrogens with zero attached hydrogens (tertiary/aromatic N) is 1. The largest absolute Gasteiger partial charge is 0.390 e. The number of aliphatic hydroxyl groups is 1. The highest BCUT2D eigenvalue weighted by molar-refractivity contribution is 5.79. The number of rotatable bonds is 3. The van der Waals surface area contributed by atoms with Crippen molar-refractivity contribution in [1.29, 1.82) is 0 Å². The van der Waals surface area contributed by atoms with Gasteiger partial charge in [0.05, 0.1) is 5.60 Å². The molecule has 0 aliphatic carbocycles. The molecule has 1 aliphatic heterocycles. The molecular weight excluding hydrogens is 236 g/mol. The first kappa shape index (κ1) is 12.7. The summed E-state index contributed by atoms with van der Waals surface area (Å²) in [4.78, 5) is 5.70. The standard InChI is InChI=1S/C16H22N2O/c1-2-16(19)6-9-18(10-7-16)12-13-3-4-14-5-8-17-15(14)11-13/h3-5,8,11,17,19H,2,6-7,9-10,12H2,1H3. The average Bonchev–Trinajstić information content (AvgIpc) is 2.89. The smallest absolute Gasteiger partial charge is 0.0669 e. The van der Waals surface area contributed by atoms with Crippen LogP contribution in [0.1, 0.15) is 31.7 Å². The number of hydrogen-bond acceptors (Lipinski definition) is 2. The van der Waals surface area contributed by atoms with Crippen molar-refractivity contribution in [1.82, 2.24) is 9.88 Å². The molecule has 0 radical (unpaired) electrons. The summed E-state index contributed by atoms with van der Waals surface area (Å²) < 4.78 is 0. The van der Waals surface area contributed by atoms with Crippen molar-refractivity contribution in [2.75, 3.05) is 13.1 Å². The van der Waals surface area contributed by atoms with E-state index in [1.807, 2.05) is 6.20 Å². The molecule has 1 saturated heterocycles. The Kier molecular flexibility index (Phi) is 3.33. The summed E-state index contributed by atoms with van der Waals surface area (Å²) in [5.41, 5.74) is 2.14. The van der Waals surface area contributed by atoms with Crippen LogP contribution in [-0.4, -0.2) is 33.7 Å². The van der Waals surface area contributed by atoms with Crippen LogP contribution in [0.2, 0.25) is 0 Å². The summed E-state index contributed by atoms with van der Waals surface area (Å²) in [7, 11) is 0. The maximum Gasteiger partial charge on any atom is 0.0669 e. The number of fused-ring (bicyclic) bond motifs is 1. The van der Waals surface area contributed by atoms with Gasteiger partial charge in [-0.1, -0.05) is 19.1 Å². The van der Waals surface area contributed by atoms with Crippen molar-refractivity contribution >= 4 is 10.9 Å². The predicted octanol–water partition coefficient (Wildman–Crippen LogP) is 2.90. The Hall–Kier alpha value is -1.32. The van der Waals surface area contributed by atoms with Crippen LogP contribution in [0.3, 0.4) is 0 Å². The third-order valence-electron chi connectivity index (χ3n) is 4.47. The third-order valence-corrected chi connectivity index (χ3v) is 4.47. The van der Waals surface area contributed by atoms with E-state index in [0.717, 1.165) is 38.9 Å². The van der Waals surface area contributed by atoms with Crippen LogP contribution in [0.4, 0.5) is 0 Å². The van der Waals surface area contributed by atoms with Crippen molar-refractivity contribution in [3.63, 3.8) is 0 Å². The molecule has 0 amide bonds. The summed E-state index contributed by atoms with van der Waals surface area (Å²) in [6.45, 7) is 5.05. The van der Waals surface area contributed by atoms with Gasteiger partial charge in [-0.2, -0.15) is 0 Å². The molecule has 1 fully saturated rings. The predicted molar refractivity (Wildman–Crippen MR) is 78.1 cm³/mol. The van der Waals surface area contributed by atoms with Crippen LogP contribution >= 0.6 is 0 Å². The van der Waals surface area contributed by atoms with Gasteiger partial charge < -0.3 is 10.1 Å². The Morgan fingerprint density at radius 2 is 2.05 bits per heavy atom. The minimum absolute atomic E-state index is 0.417. The first-order valence-corrected chi connectivity index (χ1v) is 7.19. The Bertz CT molecular complexity index is 553. The van der Waals surface area contributed by atoms with Crippen LogP contribution in [-0.2, 0) is 6.54 Å². The van der Waals surface area contributed by atoms with Gasteiger partial charge in [-0.15, -0.1) is 0 Å². The van der Waals surface area contributed by atoms with Gasteiger partial charge >= 0.3 is 0 Å². The number of hydrogen-bond donors (Lipinski definition) is 2. The molecule has 3 heteroatoms. The van der Waals surface area contributed by atoms with Gasteiger partial charge in [-0.05, 0) is 42.3 Å². The maximum absolute atomic E-state index is 10.2. The summed E-state index contributed by atoms with van der Waals surface area (Å²) >= 11 is 0. The van der Waals surface area contributed by atoms with Crippen molar-refractivity contribution in [3.05, 3.63) is 36.0 Å². The Labute approximate surface area is 114 Å². The first-order valence-electron chi connectivity index (χ1n) is 7.19. The number of benzene rings is 1. The van der Waals surface area contributed by atoms with Crippen molar-refractivity contribution < 1.29 is 5.11 Å². The van der Waals surface area contributed by atoms with E-state index in [1.165, 1.54) is 16.5 Å². The summed E-state index contributed by atoms with van der Waals surface area (Å²) in [5, 5.41) is 11.5. The minimum Gasteiger partial charge on any atom is -0.390 e. The van der Waals surface area contributed by atoms with E-state index in [-0.39, 0.29) is 0 Å². The van der Waals surface area contributed by atoms with E-state index in [4.69, 9.17) is 0 Å². The SMILES string of the molecule is CCC1(O)CCN(Cc2ccc3cc[nH]c3c2)CC1. The maximum atomic E-state index is 10.2. The molecule has 2 heterocycles. The Morgan fingerprint density at radius 3 is 2.79 bits per heavy atom. The van der Waals surface area contributed by atoms with Gasteiger partial charge in [-0.3, -0.25) is 4.90 Å². The molecule has 0 atom stereocenters. The van der Waals surface area contributed by atoms with Crippen molar-refractivity contribution in [2.24, 2.45) is 0 Å². The van der Waals surface area contributed by atoms with E-state index in [2.05, 4.69) is 41.1 Å². The van der Waals surface area contributed by atoms with Crippen molar-refractivity contribution in [3.8, 4) is 0 Å². The molecule has 1 aliphatic rings. The van der Waals surface area contributed by atoms with Crippen LogP contribution < -0.4 is 0 Å². The molecule has 1 aromatic heterocycles. The highest BCUT2D eigenvalue weighted by Gasteiger charge is 2.30. The van der Waals surface area contributed by atoms with Crippen LogP contribution in [0.5, 0.6) is 0 Å². The van der Waals surface area contributed by atoms with Crippen LogP contribution in [0.25, 0.3) is 10.9 Å². The van der Waals surface area contributed by atoms with E-state index >= 15 is 0 Å². The highest BCUT2D eigenvalue weighted by Crippen LogP contribution is 2.26. The lowest BCUT2D eigenvalue weighted by atomic mass is 9.89. The fourth-order valence-electron chi connectivity index (χ4n) is 2.93. The molecule has 0 saturated carbocycles. The molecule has 0 bridgehead atoms. The lowest BCUT2D eigenvalue weighted by Gasteiger charge is -2.37. The van der Waals surface area contributed by atoms with Gasteiger partial charge in [0.1, 0.15) is 0 Å². The second kappa shape index (κ2) is 4.99. The lowest BCUT2D eigenvalue weighted by molar-refractivity contribution is -0.0256. The summed E-state index contributed by atoms with van der Waals surface area (Å²) in [5.74, 6) is 0. The Morgan fingerprint density at radius 1 is 1.26 bits per heavy atom. The molecule has 19 heavy (non-hydrogen) atoms. The van der Waals surface area contributed by atoms with E-state index < -0.39 is 5.60 Å². The molecule has 1 aromatic carbocycles. The fourth-order valence-corrected chi connectivity index (χ4v) is 2.93. The second-order valence-electron chi connectivity index (χ2n) is 5.75. The summed E-state index contributed by atoms with van der Waals surface area (Å²) in [6, 6.07) is 8.71. The van der Waals surface area contributed by atoms with Gasteiger partial charge in [0.25, 0.3) is 0 Å². The quantitative estimate of drug-likeness (QED) is 0.888. The second-order valence-corrected chi connectivity index (χ2v) is 5.75. The molecule has 2 N–H and O–H groups in total. The Balaban J connectivity index is 1.65. The van der Waals surface area contributed by atoms with Gasteiger partial charge in [0, 0.05) is 31.3 Å². The number of H-pyrrole nitrogens is 1. The zero-order valence-corrected chi connectivity index (χ0v) is 11.5. The summed E-state index contributed by atoms with van der Waals surface area (Å²) in [6.07, 6.45) is 4.65. The monoisotopic (exact) mass is 258 g/mol. The number of likely N-dealkylation sites (tertiary alicyclic amines) is 1. The molecule has 2 aromatic rings. The van der Waals surface area contributed by atoms with E-state index in [1.54, 1.807) is 0 Å². The molecule has 3 nitrogen and oxygen atoms in total. The third kappa shape index (κ3) is 2.67. The van der Waals surface area contributed by atoms with Gasteiger partial charge in [-0.25, -0.2) is 0 Å². The fraction of sp³-hybridized carbons (Fsp3) is 0.500. The molecule has 0 unspecified atom stereocenters. The average molecular weight is 258 g/mol. The zero-order valence-electron chi connectivity index (χ0n) is 11.5. The minimum atomic E-state index is -0.417. The zero-order chi connectivity index (χ0) is 13.3. The normalized spacial score (nSPS) is 19.9. The van der Waals surface area contributed by atoms with Gasteiger partial charge in [0.15, 0.2) is 0 Å². The number of aromatic amines is 1. The highest BCUT2D eigenvalue weighted by atomic mass is 16.3. The number of piperidine rings is 1. The molecule has 102 valence electrons. The van der Waals surface area contributed by atoms with Crippen molar-refractivity contribution in [2.45, 2.75) is 38.3 Å². The van der Waals surface area contributed by atoms with Crippen LogP contribution in [0.15, 0.2) is 30.5 Å². The number of aromatic nitrogens is 1. The molecule has 0 spiro atoms. The topological polar surface area (TPSA) is 39.3 Å². The van der Waals surface area contributed by atoms with E-state index in [9.17, 15) is 5.11 Å². The van der Waals surface area contributed by atoms with Gasteiger partial charge in [0.2, 0.25) is 0 Å². The molecular formula is C16H22N2O. The van der Waals surface area contributed by atoms with Crippen LogP contribution in [0, 0.1) is 0 Å². The first-order chi connectivity index (χ1) is 9.18.